The van der Waals surface area contributed by atoms with Gasteiger partial charge in [-0.3, -0.25) is 19.8 Å². The number of fused-ring (bicyclic) bond motifs is 2. The zero-order chi connectivity index (χ0) is 12.2. The molecule has 2 bridgehead atoms. The Balaban J connectivity index is 1.78. The van der Waals surface area contributed by atoms with E-state index in [0.29, 0.717) is 11.8 Å². The quantitative estimate of drug-likeness (QED) is 0.572. The summed E-state index contributed by atoms with van der Waals surface area (Å²) in [6, 6.07) is -0.695. The Morgan fingerprint density at radius 3 is 2.47 bits per heavy atom. The van der Waals surface area contributed by atoms with E-state index in [-0.39, 0.29) is 6.04 Å². The number of hydrogen-bond acceptors (Lipinski definition) is 3. The van der Waals surface area contributed by atoms with Crippen molar-refractivity contribution in [2.45, 2.75) is 38.6 Å². The number of amides is 4. The number of carbonyl (C=O) groups is 3. The summed E-state index contributed by atoms with van der Waals surface area (Å²) in [5, 5.41) is 2.06. The van der Waals surface area contributed by atoms with Gasteiger partial charge >= 0.3 is 17.8 Å². The molecule has 1 saturated heterocycles. The minimum Gasteiger partial charge on any atom is -0.269 e. The molecule has 4 atom stereocenters. The maximum Gasteiger partial charge on any atom is 0.331 e. The Labute approximate surface area is 99.5 Å². The molecule has 0 unspecified atom stereocenters. The van der Waals surface area contributed by atoms with Crippen molar-refractivity contribution in [1.82, 2.24) is 10.2 Å². The van der Waals surface area contributed by atoms with Crippen molar-refractivity contribution in [2.24, 2.45) is 17.8 Å². The number of rotatable bonds is 2. The third-order valence-corrected chi connectivity index (χ3v) is 4.67. The van der Waals surface area contributed by atoms with Crippen LogP contribution in [0, 0.1) is 17.8 Å². The van der Waals surface area contributed by atoms with Gasteiger partial charge in [-0.25, -0.2) is 4.79 Å². The van der Waals surface area contributed by atoms with Gasteiger partial charge in [0.25, 0.3) is 0 Å². The Morgan fingerprint density at radius 1 is 1.24 bits per heavy atom. The topological polar surface area (TPSA) is 66.5 Å². The van der Waals surface area contributed by atoms with E-state index in [9.17, 15) is 14.4 Å². The molecule has 0 aromatic rings. The van der Waals surface area contributed by atoms with Gasteiger partial charge in [0.1, 0.15) is 0 Å². The molecule has 0 aromatic heterocycles. The first-order valence-electron chi connectivity index (χ1n) is 6.26. The van der Waals surface area contributed by atoms with Gasteiger partial charge < -0.3 is 0 Å². The molecule has 0 spiro atoms. The van der Waals surface area contributed by atoms with Crippen molar-refractivity contribution in [2.75, 3.05) is 0 Å². The highest BCUT2D eigenvalue weighted by atomic mass is 16.2. The average Bonchev–Trinajstić information content (AvgIpc) is 2.94. The average molecular weight is 236 g/mol. The molecule has 3 aliphatic rings. The Hall–Kier alpha value is -1.39. The van der Waals surface area contributed by atoms with E-state index >= 15 is 0 Å². The van der Waals surface area contributed by atoms with Crippen molar-refractivity contribution in [3.63, 3.8) is 0 Å². The fourth-order valence-corrected chi connectivity index (χ4v) is 3.86. The monoisotopic (exact) mass is 236 g/mol. The van der Waals surface area contributed by atoms with Crippen LogP contribution in [-0.2, 0) is 9.59 Å². The predicted molar refractivity (Wildman–Crippen MR) is 58.8 cm³/mol. The molecule has 1 aliphatic heterocycles. The van der Waals surface area contributed by atoms with Gasteiger partial charge in [-0.2, -0.15) is 0 Å². The molecule has 1 N–H and O–H groups in total. The van der Waals surface area contributed by atoms with Crippen LogP contribution in [0.4, 0.5) is 4.79 Å². The van der Waals surface area contributed by atoms with Crippen LogP contribution in [0.15, 0.2) is 0 Å². The minimum atomic E-state index is -0.787. The number of nitrogens with zero attached hydrogens (tertiary/aromatic N) is 1. The third kappa shape index (κ3) is 1.48. The molecule has 3 rings (SSSR count). The summed E-state index contributed by atoms with van der Waals surface area (Å²) in [5.74, 6) is 0.305. The Bertz CT molecular complexity index is 407. The lowest BCUT2D eigenvalue weighted by Gasteiger charge is -2.32. The summed E-state index contributed by atoms with van der Waals surface area (Å²) in [5.41, 5.74) is 0. The fourth-order valence-electron chi connectivity index (χ4n) is 3.86. The fraction of sp³-hybridized carbons (Fsp3) is 0.750. The van der Waals surface area contributed by atoms with Gasteiger partial charge in [0.05, 0.1) is 0 Å². The maximum absolute atomic E-state index is 11.6. The molecule has 5 nitrogen and oxygen atoms in total. The molecule has 3 fully saturated rings. The van der Waals surface area contributed by atoms with Crippen molar-refractivity contribution < 1.29 is 14.4 Å². The maximum atomic E-state index is 11.6. The standard InChI is InChI=1S/C12H16N2O3/c1-6(9-5-7-2-3-8(9)4-7)14-11(16)10(15)13-12(14)17/h6-9H,2-5H2,1H3,(H,13,15,17)/t6-,7-,8-,9+/m1/s1. The minimum absolute atomic E-state index is 0.149. The molecule has 2 saturated carbocycles. The SMILES string of the molecule is C[C@H]([C@@H]1C[C@@H]2CC[C@@H]1C2)N1C(=O)NC(=O)C1=O. The predicted octanol–water partition coefficient (Wildman–Crippen LogP) is 0.889. The van der Waals surface area contributed by atoms with E-state index in [0.717, 1.165) is 17.2 Å². The summed E-state index contributed by atoms with van der Waals surface area (Å²) >= 11 is 0. The summed E-state index contributed by atoms with van der Waals surface area (Å²) in [4.78, 5) is 35.5. The van der Waals surface area contributed by atoms with Crippen LogP contribution in [0.2, 0.25) is 0 Å². The smallest absolute Gasteiger partial charge is 0.269 e. The molecular weight excluding hydrogens is 220 g/mol. The van der Waals surface area contributed by atoms with Crippen LogP contribution < -0.4 is 5.32 Å². The Kier molecular flexibility index (Phi) is 2.24. The van der Waals surface area contributed by atoms with Gasteiger partial charge in [-0.05, 0) is 43.9 Å². The second kappa shape index (κ2) is 3.55. The number of nitrogens with one attached hydrogen (secondary N) is 1. The molecule has 92 valence electrons. The van der Waals surface area contributed by atoms with Gasteiger partial charge in [0.15, 0.2) is 0 Å². The van der Waals surface area contributed by atoms with E-state index in [1.807, 2.05) is 6.92 Å². The first-order chi connectivity index (χ1) is 8.08. The summed E-state index contributed by atoms with van der Waals surface area (Å²) in [6.45, 7) is 1.89. The first-order valence-corrected chi connectivity index (χ1v) is 6.26. The van der Waals surface area contributed by atoms with Gasteiger partial charge in [-0.15, -0.1) is 0 Å². The van der Waals surface area contributed by atoms with Crippen LogP contribution in [0.25, 0.3) is 0 Å². The van der Waals surface area contributed by atoms with Gasteiger partial charge in [-0.1, -0.05) is 6.42 Å². The van der Waals surface area contributed by atoms with Gasteiger partial charge in [0.2, 0.25) is 0 Å². The molecule has 17 heavy (non-hydrogen) atoms. The number of carbonyl (C=O) groups excluding carboxylic acids is 3. The molecule has 0 aromatic carbocycles. The summed E-state index contributed by atoms with van der Waals surface area (Å²) in [7, 11) is 0. The molecule has 1 heterocycles. The lowest BCUT2D eigenvalue weighted by molar-refractivity contribution is -0.141. The van der Waals surface area contributed by atoms with Crippen LogP contribution in [0.1, 0.15) is 32.6 Å². The zero-order valence-electron chi connectivity index (χ0n) is 9.81. The molecular formula is C12H16N2O3. The van der Waals surface area contributed by atoms with Crippen LogP contribution in [-0.4, -0.2) is 28.8 Å². The zero-order valence-corrected chi connectivity index (χ0v) is 9.81. The molecule has 4 amide bonds. The van der Waals surface area contributed by atoms with Crippen molar-refractivity contribution >= 4 is 17.8 Å². The van der Waals surface area contributed by atoms with Crippen LogP contribution >= 0.6 is 0 Å². The molecule has 0 radical (unpaired) electrons. The van der Waals surface area contributed by atoms with Crippen molar-refractivity contribution in [3.05, 3.63) is 0 Å². The highest BCUT2D eigenvalue weighted by Crippen LogP contribution is 2.50. The van der Waals surface area contributed by atoms with Crippen molar-refractivity contribution in [3.8, 4) is 0 Å². The normalized spacial score (nSPS) is 37.8. The summed E-state index contributed by atoms with van der Waals surface area (Å²) < 4.78 is 0. The van der Waals surface area contributed by atoms with Crippen LogP contribution in [0.3, 0.4) is 0 Å². The van der Waals surface area contributed by atoms with E-state index < -0.39 is 17.8 Å². The largest absolute Gasteiger partial charge is 0.331 e. The molecule has 5 heteroatoms. The number of hydrogen-bond donors (Lipinski definition) is 1. The lowest BCUT2D eigenvalue weighted by Crippen LogP contribution is -2.44. The summed E-state index contributed by atoms with van der Waals surface area (Å²) in [6.07, 6.45) is 4.81. The van der Waals surface area contributed by atoms with Crippen LogP contribution in [0.5, 0.6) is 0 Å². The number of urea groups is 1. The highest BCUT2D eigenvalue weighted by molar-refractivity contribution is 6.44. The van der Waals surface area contributed by atoms with Crippen molar-refractivity contribution in [1.29, 1.82) is 0 Å². The van der Waals surface area contributed by atoms with E-state index in [4.69, 9.17) is 0 Å². The second-order valence-electron chi connectivity index (χ2n) is 5.51. The second-order valence-corrected chi connectivity index (χ2v) is 5.51. The van der Waals surface area contributed by atoms with E-state index in [1.165, 1.54) is 19.3 Å². The first kappa shape index (κ1) is 10.7. The lowest BCUT2D eigenvalue weighted by atomic mass is 9.83. The third-order valence-electron chi connectivity index (χ3n) is 4.67. The highest BCUT2D eigenvalue weighted by Gasteiger charge is 2.48. The van der Waals surface area contributed by atoms with E-state index in [1.54, 1.807) is 0 Å². The van der Waals surface area contributed by atoms with Gasteiger partial charge in [0, 0.05) is 6.04 Å². The Morgan fingerprint density at radius 2 is 2.00 bits per heavy atom. The number of imide groups is 2. The molecule has 2 aliphatic carbocycles. The van der Waals surface area contributed by atoms with E-state index in [2.05, 4.69) is 5.32 Å².